The standard InChI is InChI=1S/C23H22N2O2/c1-14-18(17-7-5-6-8-19(17)24-14)13-20-22(26)27-21(25-20)15-9-11-16(12-10-15)23(2,3)4/h5-13,24H,1-4H3/b20-13+. The van der Waals surface area contributed by atoms with Crippen molar-refractivity contribution >= 4 is 28.8 Å². The minimum atomic E-state index is -0.422. The number of ether oxygens (including phenoxy) is 1. The van der Waals surface area contributed by atoms with Crippen molar-refractivity contribution in [3.8, 4) is 0 Å². The summed E-state index contributed by atoms with van der Waals surface area (Å²) in [6.45, 7) is 8.49. The number of hydrogen-bond donors (Lipinski definition) is 1. The summed E-state index contributed by atoms with van der Waals surface area (Å²) in [4.78, 5) is 20.1. The SMILES string of the molecule is Cc1[nH]c2ccccc2c1/C=C1/N=C(c2ccc(C(C)(C)C)cc2)OC1=O. The van der Waals surface area contributed by atoms with Crippen molar-refractivity contribution in [3.63, 3.8) is 0 Å². The summed E-state index contributed by atoms with van der Waals surface area (Å²) >= 11 is 0. The fraction of sp³-hybridized carbons (Fsp3) is 0.217. The summed E-state index contributed by atoms with van der Waals surface area (Å²) in [6.07, 6.45) is 1.80. The van der Waals surface area contributed by atoms with Crippen molar-refractivity contribution in [2.24, 2.45) is 4.99 Å². The number of aliphatic imine (C=N–C) groups is 1. The number of aryl methyl sites for hydroxylation is 1. The Morgan fingerprint density at radius 2 is 1.74 bits per heavy atom. The number of aromatic amines is 1. The van der Waals surface area contributed by atoms with Crippen LogP contribution in [0.1, 0.15) is 43.2 Å². The Kier molecular flexibility index (Phi) is 3.99. The summed E-state index contributed by atoms with van der Waals surface area (Å²) in [5, 5.41) is 1.06. The van der Waals surface area contributed by atoms with Crippen molar-refractivity contribution in [2.75, 3.05) is 0 Å². The molecule has 1 N–H and O–H groups in total. The van der Waals surface area contributed by atoms with E-state index in [1.165, 1.54) is 5.56 Å². The molecule has 0 radical (unpaired) electrons. The van der Waals surface area contributed by atoms with Crippen LogP contribution in [0.25, 0.3) is 17.0 Å². The Balaban J connectivity index is 1.71. The van der Waals surface area contributed by atoms with Crippen LogP contribution in [0.4, 0.5) is 0 Å². The van der Waals surface area contributed by atoms with Gasteiger partial charge < -0.3 is 9.72 Å². The number of aromatic nitrogens is 1. The van der Waals surface area contributed by atoms with Gasteiger partial charge in [0.25, 0.3) is 0 Å². The van der Waals surface area contributed by atoms with Crippen LogP contribution in [0.5, 0.6) is 0 Å². The number of para-hydroxylation sites is 1. The molecule has 1 aliphatic rings. The van der Waals surface area contributed by atoms with E-state index in [0.29, 0.717) is 11.6 Å². The van der Waals surface area contributed by atoms with Crippen molar-refractivity contribution in [1.82, 2.24) is 4.98 Å². The van der Waals surface area contributed by atoms with E-state index in [0.717, 1.165) is 27.7 Å². The second-order valence-electron chi connectivity index (χ2n) is 7.87. The Morgan fingerprint density at radius 3 is 2.44 bits per heavy atom. The van der Waals surface area contributed by atoms with Crippen LogP contribution in [0, 0.1) is 6.92 Å². The van der Waals surface area contributed by atoms with Gasteiger partial charge in [-0.1, -0.05) is 51.1 Å². The molecule has 0 unspecified atom stereocenters. The molecule has 0 aliphatic carbocycles. The number of esters is 1. The second kappa shape index (κ2) is 6.23. The Morgan fingerprint density at radius 1 is 1.04 bits per heavy atom. The van der Waals surface area contributed by atoms with Crippen molar-refractivity contribution < 1.29 is 9.53 Å². The maximum absolute atomic E-state index is 12.3. The summed E-state index contributed by atoms with van der Waals surface area (Å²) in [5.74, 6) is -0.0706. The fourth-order valence-electron chi connectivity index (χ4n) is 3.27. The molecule has 1 aliphatic heterocycles. The summed E-state index contributed by atoms with van der Waals surface area (Å²) in [5.41, 5.74) is 5.41. The third kappa shape index (κ3) is 3.19. The van der Waals surface area contributed by atoms with Gasteiger partial charge in [-0.3, -0.25) is 0 Å². The topological polar surface area (TPSA) is 54.4 Å². The zero-order valence-electron chi connectivity index (χ0n) is 16.0. The van der Waals surface area contributed by atoms with E-state index in [4.69, 9.17) is 4.74 Å². The minimum absolute atomic E-state index is 0.0740. The molecule has 27 heavy (non-hydrogen) atoms. The van der Waals surface area contributed by atoms with Crippen molar-refractivity contribution in [3.05, 3.63) is 76.6 Å². The van der Waals surface area contributed by atoms with Gasteiger partial charge in [0.15, 0.2) is 5.70 Å². The minimum Gasteiger partial charge on any atom is -0.402 e. The van der Waals surface area contributed by atoms with E-state index in [1.807, 2.05) is 43.3 Å². The smallest absolute Gasteiger partial charge is 0.363 e. The number of carbonyl (C=O) groups is 1. The number of H-pyrrole nitrogens is 1. The number of cyclic esters (lactones) is 1. The highest BCUT2D eigenvalue weighted by atomic mass is 16.6. The lowest BCUT2D eigenvalue weighted by atomic mass is 9.87. The first kappa shape index (κ1) is 17.3. The zero-order valence-corrected chi connectivity index (χ0v) is 16.0. The summed E-state index contributed by atoms with van der Waals surface area (Å²) in [7, 11) is 0. The number of carbonyl (C=O) groups excluding carboxylic acids is 1. The monoisotopic (exact) mass is 358 g/mol. The molecule has 0 atom stereocenters. The van der Waals surface area contributed by atoms with Crippen LogP contribution in [-0.2, 0) is 14.9 Å². The number of hydrogen-bond acceptors (Lipinski definition) is 3. The van der Waals surface area contributed by atoms with Crippen LogP contribution >= 0.6 is 0 Å². The van der Waals surface area contributed by atoms with Crippen LogP contribution in [0.2, 0.25) is 0 Å². The molecule has 2 aromatic carbocycles. The first-order valence-corrected chi connectivity index (χ1v) is 9.04. The van der Waals surface area contributed by atoms with Gasteiger partial charge >= 0.3 is 5.97 Å². The van der Waals surface area contributed by atoms with Gasteiger partial charge in [0.2, 0.25) is 5.90 Å². The molecule has 1 aromatic heterocycles. The molecule has 0 saturated heterocycles. The highest BCUT2D eigenvalue weighted by Gasteiger charge is 2.25. The Hall–Kier alpha value is -3.14. The molecule has 0 amide bonds. The highest BCUT2D eigenvalue weighted by molar-refractivity contribution is 6.13. The summed E-state index contributed by atoms with van der Waals surface area (Å²) in [6, 6.07) is 16.0. The van der Waals surface area contributed by atoms with E-state index in [1.54, 1.807) is 6.08 Å². The molecule has 4 heteroatoms. The largest absolute Gasteiger partial charge is 0.402 e. The highest BCUT2D eigenvalue weighted by Crippen LogP contribution is 2.27. The molecule has 0 bridgehead atoms. The van der Waals surface area contributed by atoms with Gasteiger partial charge in [-0.15, -0.1) is 0 Å². The number of nitrogens with one attached hydrogen (secondary N) is 1. The van der Waals surface area contributed by atoms with Crippen LogP contribution < -0.4 is 0 Å². The van der Waals surface area contributed by atoms with E-state index in [-0.39, 0.29) is 5.41 Å². The van der Waals surface area contributed by atoms with Gasteiger partial charge in [0.05, 0.1) is 0 Å². The number of nitrogens with zero attached hydrogens (tertiary/aromatic N) is 1. The molecule has 0 saturated carbocycles. The molecule has 0 spiro atoms. The van der Waals surface area contributed by atoms with Crippen LogP contribution in [0.15, 0.2) is 59.2 Å². The fourth-order valence-corrected chi connectivity index (χ4v) is 3.27. The van der Waals surface area contributed by atoms with Crippen molar-refractivity contribution in [1.29, 1.82) is 0 Å². The third-order valence-corrected chi connectivity index (χ3v) is 4.84. The van der Waals surface area contributed by atoms with Gasteiger partial charge in [-0.2, -0.15) is 0 Å². The molecule has 0 fully saturated rings. The van der Waals surface area contributed by atoms with Gasteiger partial charge in [0, 0.05) is 27.7 Å². The van der Waals surface area contributed by atoms with Crippen molar-refractivity contribution in [2.45, 2.75) is 33.1 Å². The average Bonchev–Trinajstić information content (AvgIpc) is 3.15. The number of rotatable bonds is 2. The molecule has 4 rings (SSSR count). The summed E-state index contributed by atoms with van der Waals surface area (Å²) < 4.78 is 5.42. The Bertz CT molecular complexity index is 1090. The van der Waals surface area contributed by atoms with Gasteiger partial charge in [0.1, 0.15) is 0 Å². The normalized spacial score (nSPS) is 16.1. The first-order chi connectivity index (χ1) is 12.8. The van der Waals surface area contributed by atoms with Gasteiger partial charge in [-0.05, 0) is 42.2 Å². The van der Waals surface area contributed by atoms with Gasteiger partial charge in [-0.25, -0.2) is 9.79 Å². The predicted molar refractivity (Wildman–Crippen MR) is 109 cm³/mol. The zero-order chi connectivity index (χ0) is 19.2. The molecule has 4 nitrogen and oxygen atoms in total. The van der Waals surface area contributed by atoms with Crippen LogP contribution in [0.3, 0.4) is 0 Å². The second-order valence-corrected chi connectivity index (χ2v) is 7.87. The van der Waals surface area contributed by atoms with E-state index < -0.39 is 5.97 Å². The van der Waals surface area contributed by atoms with E-state index in [9.17, 15) is 4.79 Å². The van der Waals surface area contributed by atoms with E-state index in [2.05, 4.69) is 42.9 Å². The molecular formula is C23H22N2O2. The molecule has 2 heterocycles. The molecule has 3 aromatic rings. The average molecular weight is 358 g/mol. The lowest BCUT2D eigenvalue weighted by Gasteiger charge is -2.18. The predicted octanol–water partition coefficient (Wildman–Crippen LogP) is 5.12. The maximum atomic E-state index is 12.3. The molecular weight excluding hydrogens is 336 g/mol. The maximum Gasteiger partial charge on any atom is 0.363 e. The lowest BCUT2D eigenvalue weighted by Crippen LogP contribution is -2.11. The third-order valence-electron chi connectivity index (χ3n) is 4.84. The number of benzene rings is 2. The lowest BCUT2D eigenvalue weighted by molar-refractivity contribution is -0.129. The molecule has 136 valence electrons. The van der Waals surface area contributed by atoms with E-state index >= 15 is 0 Å². The first-order valence-electron chi connectivity index (χ1n) is 9.04. The Labute approximate surface area is 158 Å². The number of fused-ring (bicyclic) bond motifs is 1. The van der Waals surface area contributed by atoms with Crippen LogP contribution in [-0.4, -0.2) is 16.9 Å². The quantitative estimate of drug-likeness (QED) is 0.511.